The Labute approximate surface area is 120 Å². The van der Waals surface area contributed by atoms with Crippen LogP contribution in [0.4, 0.5) is 0 Å². The number of ketones is 1. The van der Waals surface area contributed by atoms with Crippen molar-refractivity contribution in [3.8, 4) is 0 Å². The van der Waals surface area contributed by atoms with Crippen molar-refractivity contribution in [2.24, 2.45) is 0 Å². The molecule has 1 aromatic heterocycles. The van der Waals surface area contributed by atoms with Gasteiger partial charge in [-0.05, 0) is 25.6 Å². The van der Waals surface area contributed by atoms with E-state index in [9.17, 15) is 4.79 Å². The molecule has 2 rings (SSSR count). The normalized spacial score (nSPS) is 12.3. The molecule has 0 fully saturated rings. The summed E-state index contributed by atoms with van der Waals surface area (Å²) >= 11 is 0. The number of nitrogens with zero attached hydrogens (tertiary/aromatic N) is 2. The number of aromatic nitrogens is 1. The number of rotatable bonds is 6. The van der Waals surface area contributed by atoms with E-state index in [2.05, 4.69) is 16.8 Å². The lowest BCUT2D eigenvalue weighted by Gasteiger charge is -2.26. The van der Waals surface area contributed by atoms with Crippen molar-refractivity contribution in [2.45, 2.75) is 26.4 Å². The van der Waals surface area contributed by atoms with Crippen molar-refractivity contribution in [2.75, 3.05) is 6.54 Å². The highest BCUT2D eigenvalue weighted by Crippen LogP contribution is 2.11. The number of likely N-dealkylation sites (N-methyl/N-ethyl adjacent to an activating group) is 1. The van der Waals surface area contributed by atoms with E-state index in [1.165, 1.54) is 0 Å². The molecular weight excluding hydrogens is 248 g/mol. The zero-order valence-electron chi connectivity index (χ0n) is 12.0. The maximum Gasteiger partial charge on any atom is 0.179 e. The van der Waals surface area contributed by atoms with Crippen LogP contribution in [-0.4, -0.2) is 28.3 Å². The van der Waals surface area contributed by atoms with Crippen LogP contribution >= 0.6 is 0 Å². The van der Waals surface area contributed by atoms with Crippen LogP contribution in [0.2, 0.25) is 0 Å². The lowest BCUT2D eigenvalue weighted by atomic mass is 10.0. The van der Waals surface area contributed by atoms with Crippen molar-refractivity contribution >= 4 is 5.78 Å². The summed E-state index contributed by atoms with van der Waals surface area (Å²) in [5.74, 6) is 0.156. The minimum atomic E-state index is -0.149. The lowest BCUT2D eigenvalue weighted by Crippen LogP contribution is -2.38. The fraction of sp³-hybridized carbons (Fsp3) is 0.294. The van der Waals surface area contributed by atoms with Crippen molar-refractivity contribution in [1.29, 1.82) is 0 Å². The average Bonchev–Trinajstić information content (AvgIpc) is 2.53. The molecule has 1 unspecified atom stereocenters. The third-order valence-electron chi connectivity index (χ3n) is 3.48. The van der Waals surface area contributed by atoms with E-state index >= 15 is 0 Å². The lowest BCUT2D eigenvalue weighted by molar-refractivity contribution is 0.0834. The largest absolute Gasteiger partial charge is 0.292 e. The van der Waals surface area contributed by atoms with E-state index in [0.717, 1.165) is 17.8 Å². The van der Waals surface area contributed by atoms with Crippen LogP contribution < -0.4 is 0 Å². The van der Waals surface area contributed by atoms with Gasteiger partial charge in [0.2, 0.25) is 0 Å². The highest BCUT2D eigenvalue weighted by molar-refractivity contribution is 5.99. The Kier molecular flexibility index (Phi) is 5.02. The molecule has 2 aromatic rings. The molecular formula is C17H20N2O. The molecule has 0 N–H and O–H groups in total. The molecule has 104 valence electrons. The van der Waals surface area contributed by atoms with Crippen LogP contribution in [-0.2, 0) is 6.54 Å². The van der Waals surface area contributed by atoms with Gasteiger partial charge >= 0.3 is 0 Å². The molecule has 0 bridgehead atoms. The van der Waals surface area contributed by atoms with Gasteiger partial charge in [0.25, 0.3) is 0 Å². The fourth-order valence-electron chi connectivity index (χ4n) is 2.23. The van der Waals surface area contributed by atoms with Gasteiger partial charge in [-0.2, -0.15) is 0 Å². The molecule has 0 saturated carbocycles. The molecule has 0 aliphatic rings. The minimum Gasteiger partial charge on any atom is -0.292 e. The second-order valence-electron chi connectivity index (χ2n) is 4.79. The molecule has 0 spiro atoms. The van der Waals surface area contributed by atoms with Gasteiger partial charge in [0.05, 0.1) is 11.7 Å². The summed E-state index contributed by atoms with van der Waals surface area (Å²) < 4.78 is 0. The Morgan fingerprint density at radius 3 is 2.45 bits per heavy atom. The van der Waals surface area contributed by atoms with Crippen LogP contribution in [0.25, 0.3) is 0 Å². The maximum absolute atomic E-state index is 12.5. The van der Waals surface area contributed by atoms with Crippen LogP contribution in [0.15, 0.2) is 54.7 Å². The molecule has 1 aromatic carbocycles. The number of Topliss-reactive ketones (excluding diaryl/α,β-unsaturated/α-hetero) is 1. The predicted molar refractivity (Wildman–Crippen MR) is 80.6 cm³/mol. The molecule has 0 radical (unpaired) electrons. The Hall–Kier alpha value is -2.00. The van der Waals surface area contributed by atoms with Crippen LogP contribution in [0.5, 0.6) is 0 Å². The van der Waals surface area contributed by atoms with Gasteiger partial charge in [-0.1, -0.05) is 43.3 Å². The summed E-state index contributed by atoms with van der Waals surface area (Å²) in [4.78, 5) is 18.9. The topological polar surface area (TPSA) is 33.2 Å². The van der Waals surface area contributed by atoms with Crippen LogP contribution in [0.3, 0.4) is 0 Å². The number of benzene rings is 1. The third-order valence-corrected chi connectivity index (χ3v) is 3.48. The Morgan fingerprint density at radius 1 is 1.15 bits per heavy atom. The first-order valence-electron chi connectivity index (χ1n) is 6.95. The molecule has 0 saturated heterocycles. The molecule has 1 atom stereocenters. The van der Waals surface area contributed by atoms with E-state index < -0.39 is 0 Å². The van der Waals surface area contributed by atoms with E-state index in [-0.39, 0.29) is 11.8 Å². The summed E-state index contributed by atoms with van der Waals surface area (Å²) in [5.41, 5.74) is 1.75. The van der Waals surface area contributed by atoms with Crippen LogP contribution in [0, 0.1) is 0 Å². The molecule has 0 aliphatic heterocycles. The molecule has 1 heterocycles. The Balaban J connectivity index is 2.09. The predicted octanol–water partition coefficient (Wildman–Crippen LogP) is 3.17. The van der Waals surface area contributed by atoms with E-state index in [1.807, 2.05) is 55.5 Å². The molecule has 0 amide bonds. The first kappa shape index (κ1) is 14.4. The summed E-state index contributed by atoms with van der Waals surface area (Å²) in [7, 11) is 0. The number of pyridine rings is 1. The van der Waals surface area contributed by atoms with Gasteiger partial charge in [0.15, 0.2) is 5.78 Å². The fourth-order valence-corrected chi connectivity index (χ4v) is 2.23. The van der Waals surface area contributed by atoms with Gasteiger partial charge in [-0.15, -0.1) is 0 Å². The van der Waals surface area contributed by atoms with E-state index in [0.29, 0.717) is 6.54 Å². The number of carbonyl (C=O) groups is 1. The minimum absolute atomic E-state index is 0.149. The van der Waals surface area contributed by atoms with Gasteiger partial charge in [-0.3, -0.25) is 14.7 Å². The number of hydrogen-bond acceptors (Lipinski definition) is 3. The van der Waals surface area contributed by atoms with Gasteiger partial charge in [0, 0.05) is 18.3 Å². The van der Waals surface area contributed by atoms with Crippen molar-refractivity contribution in [1.82, 2.24) is 9.88 Å². The number of carbonyl (C=O) groups excluding carboxylic acids is 1. The SMILES string of the molecule is CCN(Cc1ccccn1)C(C)C(=O)c1ccccc1. The molecule has 3 heteroatoms. The average molecular weight is 268 g/mol. The second-order valence-corrected chi connectivity index (χ2v) is 4.79. The first-order valence-corrected chi connectivity index (χ1v) is 6.95. The summed E-state index contributed by atoms with van der Waals surface area (Å²) in [6, 6.07) is 15.2. The monoisotopic (exact) mass is 268 g/mol. The highest BCUT2D eigenvalue weighted by atomic mass is 16.1. The van der Waals surface area contributed by atoms with Gasteiger partial charge < -0.3 is 0 Å². The van der Waals surface area contributed by atoms with E-state index in [1.54, 1.807) is 6.20 Å². The van der Waals surface area contributed by atoms with Crippen molar-refractivity contribution in [3.63, 3.8) is 0 Å². The Bertz CT molecular complexity index is 539. The molecule has 20 heavy (non-hydrogen) atoms. The first-order chi connectivity index (χ1) is 9.72. The van der Waals surface area contributed by atoms with Gasteiger partial charge in [0.1, 0.15) is 0 Å². The summed E-state index contributed by atoms with van der Waals surface area (Å²) in [6.45, 7) is 5.53. The third kappa shape index (κ3) is 3.52. The van der Waals surface area contributed by atoms with Crippen LogP contribution in [0.1, 0.15) is 29.9 Å². The van der Waals surface area contributed by atoms with Crippen molar-refractivity contribution < 1.29 is 4.79 Å². The maximum atomic E-state index is 12.5. The van der Waals surface area contributed by atoms with Gasteiger partial charge in [-0.25, -0.2) is 0 Å². The standard InChI is InChI=1S/C17H20N2O/c1-3-19(13-16-11-7-8-12-18-16)14(2)17(20)15-9-5-4-6-10-15/h4-12,14H,3,13H2,1-2H3. The van der Waals surface area contributed by atoms with Crippen molar-refractivity contribution in [3.05, 3.63) is 66.0 Å². The summed E-state index contributed by atoms with van der Waals surface area (Å²) in [6.07, 6.45) is 1.78. The smallest absolute Gasteiger partial charge is 0.179 e. The molecule has 3 nitrogen and oxygen atoms in total. The Morgan fingerprint density at radius 2 is 1.85 bits per heavy atom. The quantitative estimate of drug-likeness (QED) is 0.754. The second kappa shape index (κ2) is 6.96. The van der Waals surface area contributed by atoms with E-state index in [4.69, 9.17) is 0 Å². The number of hydrogen-bond donors (Lipinski definition) is 0. The summed E-state index contributed by atoms with van der Waals surface area (Å²) in [5, 5.41) is 0. The highest BCUT2D eigenvalue weighted by Gasteiger charge is 2.21. The molecule has 0 aliphatic carbocycles. The zero-order valence-corrected chi connectivity index (χ0v) is 12.0. The zero-order chi connectivity index (χ0) is 14.4.